The molecule has 1 aliphatic heterocycles. The van der Waals surface area contributed by atoms with Crippen LogP contribution in [-0.4, -0.2) is 4.57 Å². The summed E-state index contributed by atoms with van der Waals surface area (Å²) in [4.78, 5) is 2.42. The van der Waals surface area contributed by atoms with Crippen molar-refractivity contribution in [1.29, 1.82) is 0 Å². The van der Waals surface area contributed by atoms with Gasteiger partial charge in [0.15, 0.2) is 0 Å². The molecule has 2 nitrogen and oxygen atoms in total. The van der Waals surface area contributed by atoms with Crippen molar-refractivity contribution < 1.29 is 0 Å². The van der Waals surface area contributed by atoms with Crippen LogP contribution >= 0.6 is 0 Å². The molecule has 1 spiro atoms. The Morgan fingerprint density at radius 3 is 1.44 bits per heavy atom. The number of rotatable bonds is 8. The van der Waals surface area contributed by atoms with Gasteiger partial charge in [-0.05, 0) is 138 Å². The molecule has 0 N–H and O–H groups in total. The number of nitrogens with zero attached hydrogens (tertiary/aromatic N) is 2. The molecule has 350 valence electrons. The van der Waals surface area contributed by atoms with E-state index in [1.165, 1.54) is 105 Å². The van der Waals surface area contributed by atoms with E-state index in [0.717, 1.165) is 28.2 Å². The van der Waals surface area contributed by atoms with Crippen molar-refractivity contribution in [2.24, 2.45) is 0 Å². The zero-order valence-corrected chi connectivity index (χ0v) is 41.1. The number of hydrogen-bond acceptors (Lipinski definition) is 1. The molecule has 0 fully saturated rings. The highest BCUT2D eigenvalue weighted by Gasteiger charge is 2.50. The van der Waals surface area contributed by atoms with Gasteiger partial charge in [0.05, 0.1) is 27.8 Å². The van der Waals surface area contributed by atoms with Crippen LogP contribution in [0.1, 0.15) is 22.3 Å². The summed E-state index contributed by atoms with van der Waals surface area (Å²) in [6, 6.07) is 107. The maximum atomic E-state index is 2.52. The van der Waals surface area contributed by atoms with Crippen LogP contribution in [0.5, 0.6) is 0 Å². The summed E-state index contributed by atoms with van der Waals surface area (Å²) in [7, 11) is 0. The molecule has 1 unspecified atom stereocenters. The summed E-state index contributed by atoms with van der Waals surface area (Å²) < 4.78 is 2.52. The van der Waals surface area contributed by atoms with Gasteiger partial charge in [-0.2, -0.15) is 0 Å². The Kier molecular flexibility index (Phi) is 9.83. The van der Waals surface area contributed by atoms with Gasteiger partial charge in [-0.25, -0.2) is 0 Å². The third-order valence-electron chi connectivity index (χ3n) is 16.0. The normalized spacial score (nSPS) is 13.9. The van der Waals surface area contributed by atoms with Gasteiger partial charge >= 0.3 is 0 Å². The van der Waals surface area contributed by atoms with E-state index in [4.69, 9.17) is 0 Å². The molecule has 15 rings (SSSR count). The topological polar surface area (TPSA) is 8.17 Å². The molecule has 2 heterocycles. The van der Waals surface area contributed by atoms with Crippen LogP contribution in [0.4, 0.5) is 17.1 Å². The van der Waals surface area contributed by atoms with Crippen molar-refractivity contribution in [2.45, 2.75) is 5.41 Å². The first kappa shape index (κ1) is 42.9. The lowest BCUT2D eigenvalue weighted by atomic mass is 9.65. The average molecular weight is 953 g/mol. The Labute approximate surface area is 437 Å². The van der Waals surface area contributed by atoms with Gasteiger partial charge in [0, 0.05) is 27.7 Å². The second-order valence-corrected chi connectivity index (χ2v) is 20.0. The third-order valence-corrected chi connectivity index (χ3v) is 16.0. The van der Waals surface area contributed by atoms with E-state index in [2.05, 4.69) is 301 Å². The minimum atomic E-state index is -0.517. The van der Waals surface area contributed by atoms with Gasteiger partial charge in [0.1, 0.15) is 0 Å². The molecular formula is C73H48N2. The van der Waals surface area contributed by atoms with Gasteiger partial charge in [0.2, 0.25) is 0 Å². The van der Waals surface area contributed by atoms with Crippen LogP contribution in [0, 0.1) is 0 Å². The first-order valence-electron chi connectivity index (χ1n) is 26.0. The molecule has 12 aromatic carbocycles. The van der Waals surface area contributed by atoms with Crippen molar-refractivity contribution in [2.75, 3.05) is 4.90 Å². The highest BCUT2D eigenvalue weighted by Crippen LogP contribution is 2.61. The molecule has 2 heteroatoms. The van der Waals surface area contributed by atoms with Gasteiger partial charge in [0.25, 0.3) is 0 Å². The molecule has 0 amide bonds. The van der Waals surface area contributed by atoms with E-state index in [1.807, 2.05) is 0 Å². The largest absolute Gasteiger partial charge is 0.310 e. The summed E-state index contributed by atoms with van der Waals surface area (Å²) in [6.45, 7) is 0. The lowest BCUT2D eigenvalue weighted by molar-refractivity contribution is 0.749. The van der Waals surface area contributed by atoms with E-state index in [1.54, 1.807) is 0 Å². The molecule has 2 aliphatic rings. The first-order valence-corrected chi connectivity index (χ1v) is 26.0. The highest BCUT2D eigenvalue weighted by atomic mass is 15.1. The van der Waals surface area contributed by atoms with Crippen molar-refractivity contribution in [3.8, 4) is 72.4 Å². The van der Waals surface area contributed by atoms with E-state index >= 15 is 0 Å². The average Bonchev–Trinajstić information content (AvgIpc) is 3.99. The number of anilines is 3. The quantitative estimate of drug-likeness (QED) is 0.147. The number of hydrogen-bond donors (Lipinski definition) is 0. The summed E-state index contributed by atoms with van der Waals surface area (Å²) >= 11 is 0. The molecule has 13 aromatic rings. The molecule has 0 saturated heterocycles. The maximum absolute atomic E-state index is 2.52. The van der Waals surface area contributed by atoms with Gasteiger partial charge < -0.3 is 9.47 Å². The zero-order chi connectivity index (χ0) is 49.5. The van der Waals surface area contributed by atoms with Crippen molar-refractivity contribution in [1.82, 2.24) is 4.57 Å². The molecule has 0 bridgehead atoms. The Morgan fingerprint density at radius 2 is 0.720 bits per heavy atom. The Morgan fingerprint density at radius 1 is 0.267 bits per heavy atom. The number of fused-ring (bicyclic) bond motifs is 12. The summed E-state index contributed by atoms with van der Waals surface area (Å²) in [5.41, 5.74) is 26.3. The van der Waals surface area contributed by atoms with E-state index in [9.17, 15) is 0 Å². The fourth-order valence-electron chi connectivity index (χ4n) is 12.7. The number of aromatic nitrogens is 1. The predicted molar refractivity (Wildman–Crippen MR) is 314 cm³/mol. The van der Waals surface area contributed by atoms with Crippen molar-refractivity contribution in [3.05, 3.63) is 313 Å². The fraction of sp³-hybridized carbons (Fsp3) is 0.0137. The minimum absolute atomic E-state index is 0.517. The van der Waals surface area contributed by atoms with Gasteiger partial charge in [-0.3, -0.25) is 0 Å². The SMILES string of the molecule is c1ccc(-c2ccc(-c3ccc(N(c4ccc(-c5ccc6c(c5)C5(c7ccccc7-6)c6ccccc6-n6c7ccccc7c7cccc5c76)cc4)c4ccccc4-c4cccc(-c5ccccc5)c4)cc3)cc2)cc1. The standard InChI is InChI=1S/C73H48N2/c1-3-17-49(18-4-1)51-33-35-52(36-34-51)53-37-42-58(43-38-53)74(69-30-12-8-23-60(69)57-22-15-21-55(47-57)50-19-5-2-6-20-50)59-44-39-54(40-45-59)56-41-46-62-61-24-7-10-27-65(61)73(68(62)48-56)66-28-11-14-32-71(66)75-70-31-13-9-25-63(70)64-26-16-29-67(73)72(64)75/h1-48H. The van der Waals surface area contributed by atoms with Gasteiger partial charge in [-0.1, -0.05) is 237 Å². The van der Waals surface area contributed by atoms with Gasteiger partial charge in [-0.15, -0.1) is 0 Å². The van der Waals surface area contributed by atoms with Crippen LogP contribution in [0.2, 0.25) is 0 Å². The Bertz CT molecular complexity index is 4320. The maximum Gasteiger partial charge on any atom is 0.0754 e. The Balaban J connectivity index is 0.862. The molecule has 0 radical (unpaired) electrons. The summed E-state index contributed by atoms with van der Waals surface area (Å²) in [5.74, 6) is 0. The monoisotopic (exact) mass is 952 g/mol. The lowest BCUT2D eigenvalue weighted by Gasteiger charge is -2.39. The molecule has 0 saturated carbocycles. The van der Waals surface area contributed by atoms with E-state index in [-0.39, 0.29) is 0 Å². The minimum Gasteiger partial charge on any atom is -0.310 e. The Hall–Kier alpha value is -9.76. The molecule has 1 aromatic heterocycles. The zero-order valence-electron chi connectivity index (χ0n) is 41.1. The third kappa shape index (κ3) is 6.66. The number of benzene rings is 12. The second kappa shape index (κ2) is 17.2. The molecule has 1 aliphatic carbocycles. The summed E-state index contributed by atoms with van der Waals surface area (Å²) in [5, 5.41) is 2.57. The fourth-order valence-corrected chi connectivity index (χ4v) is 12.7. The predicted octanol–water partition coefficient (Wildman–Crippen LogP) is 19.3. The second-order valence-electron chi connectivity index (χ2n) is 20.0. The smallest absolute Gasteiger partial charge is 0.0754 e. The van der Waals surface area contributed by atoms with E-state index in [0.29, 0.717) is 0 Å². The molecule has 75 heavy (non-hydrogen) atoms. The van der Waals surface area contributed by atoms with Crippen molar-refractivity contribution >= 4 is 38.9 Å². The van der Waals surface area contributed by atoms with Crippen LogP contribution in [0.25, 0.3) is 94.3 Å². The lowest BCUT2D eigenvalue weighted by Crippen LogP contribution is -2.33. The number of para-hydroxylation sites is 4. The van der Waals surface area contributed by atoms with Crippen molar-refractivity contribution in [3.63, 3.8) is 0 Å². The van der Waals surface area contributed by atoms with Crippen LogP contribution < -0.4 is 4.90 Å². The summed E-state index contributed by atoms with van der Waals surface area (Å²) in [6.07, 6.45) is 0. The molecular weight excluding hydrogens is 905 g/mol. The van der Waals surface area contributed by atoms with Crippen LogP contribution in [-0.2, 0) is 5.41 Å². The highest BCUT2D eigenvalue weighted by molar-refractivity contribution is 6.13. The van der Waals surface area contributed by atoms with Crippen LogP contribution in [0.15, 0.2) is 291 Å². The van der Waals surface area contributed by atoms with Crippen LogP contribution in [0.3, 0.4) is 0 Å². The molecule has 1 atom stereocenters. The van der Waals surface area contributed by atoms with E-state index < -0.39 is 5.41 Å². The first-order chi connectivity index (χ1) is 37.2.